The third kappa shape index (κ3) is 2.46. The number of ether oxygens (including phenoxy) is 2. The number of hydrogen-bond acceptors (Lipinski definition) is 2. The molecule has 0 aliphatic carbocycles. The Hall–Kier alpha value is -0.0800. The molecule has 11 heavy (non-hydrogen) atoms. The average Bonchev–Trinajstić information content (AvgIpc) is 1.98. The van der Waals surface area contributed by atoms with Gasteiger partial charge in [0.1, 0.15) is 0 Å². The maximum atomic E-state index is 5.58. The Bertz CT molecular complexity index is 114. The highest BCUT2D eigenvalue weighted by Crippen LogP contribution is 2.24. The highest BCUT2D eigenvalue weighted by molar-refractivity contribution is 4.72. The molecule has 0 aromatic heterocycles. The molecule has 0 bridgehead atoms. The van der Waals surface area contributed by atoms with Gasteiger partial charge in [-0.25, -0.2) is 0 Å². The van der Waals surface area contributed by atoms with Crippen LogP contribution in [0.3, 0.4) is 0 Å². The molecule has 0 aromatic rings. The van der Waals surface area contributed by atoms with Crippen LogP contribution in [0.1, 0.15) is 20.3 Å². The Kier molecular flexibility index (Phi) is 3.34. The van der Waals surface area contributed by atoms with E-state index in [1.54, 1.807) is 7.11 Å². The Morgan fingerprint density at radius 1 is 1.36 bits per heavy atom. The van der Waals surface area contributed by atoms with E-state index in [0.29, 0.717) is 12.0 Å². The van der Waals surface area contributed by atoms with Crippen molar-refractivity contribution in [3.05, 3.63) is 0 Å². The first kappa shape index (κ1) is 9.01. The van der Waals surface area contributed by atoms with E-state index in [1.165, 1.54) is 0 Å². The van der Waals surface area contributed by atoms with Crippen LogP contribution in [0.4, 0.5) is 0 Å². The van der Waals surface area contributed by atoms with Crippen molar-refractivity contribution >= 4 is 0 Å². The standard InChI is InChI=1S/C9H18O2/c1-7-4-9(6-10-3)11-5-8(7)2/h7-9H,4-6H2,1-3H3/t7-,8+,9?/m0/s1. The molecular weight excluding hydrogens is 140 g/mol. The van der Waals surface area contributed by atoms with Crippen LogP contribution < -0.4 is 0 Å². The van der Waals surface area contributed by atoms with Gasteiger partial charge in [0.15, 0.2) is 0 Å². The lowest BCUT2D eigenvalue weighted by molar-refractivity contribution is -0.0681. The molecular formula is C9H18O2. The van der Waals surface area contributed by atoms with E-state index >= 15 is 0 Å². The normalized spacial score (nSPS) is 39.0. The van der Waals surface area contributed by atoms with Gasteiger partial charge >= 0.3 is 0 Å². The first-order valence-corrected chi connectivity index (χ1v) is 4.34. The highest BCUT2D eigenvalue weighted by Gasteiger charge is 2.24. The highest BCUT2D eigenvalue weighted by atomic mass is 16.5. The maximum Gasteiger partial charge on any atom is 0.0811 e. The molecule has 1 unspecified atom stereocenters. The van der Waals surface area contributed by atoms with Crippen molar-refractivity contribution < 1.29 is 9.47 Å². The van der Waals surface area contributed by atoms with Gasteiger partial charge < -0.3 is 9.47 Å². The molecule has 1 saturated heterocycles. The minimum atomic E-state index is 0.339. The van der Waals surface area contributed by atoms with Gasteiger partial charge in [-0.15, -0.1) is 0 Å². The third-order valence-corrected chi connectivity index (χ3v) is 2.55. The van der Waals surface area contributed by atoms with Gasteiger partial charge in [0.05, 0.1) is 12.7 Å². The molecule has 2 nitrogen and oxygen atoms in total. The van der Waals surface area contributed by atoms with Crippen LogP contribution >= 0.6 is 0 Å². The maximum absolute atomic E-state index is 5.58. The van der Waals surface area contributed by atoms with Crippen molar-refractivity contribution in [2.24, 2.45) is 11.8 Å². The van der Waals surface area contributed by atoms with Gasteiger partial charge in [-0.2, -0.15) is 0 Å². The van der Waals surface area contributed by atoms with Crippen molar-refractivity contribution in [2.45, 2.75) is 26.4 Å². The third-order valence-electron chi connectivity index (χ3n) is 2.55. The average molecular weight is 158 g/mol. The Morgan fingerprint density at radius 3 is 2.64 bits per heavy atom. The van der Waals surface area contributed by atoms with Crippen LogP contribution in [-0.2, 0) is 9.47 Å². The molecule has 66 valence electrons. The number of rotatable bonds is 2. The van der Waals surface area contributed by atoms with E-state index in [2.05, 4.69) is 13.8 Å². The molecule has 1 aliphatic rings. The van der Waals surface area contributed by atoms with Crippen molar-refractivity contribution in [3.8, 4) is 0 Å². The van der Waals surface area contributed by atoms with Crippen molar-refractivity contribution in [1.29, 1.82) is 0 Å². The van der Waals surface area contributed by atoms with Gasteiger partial charge in [-0.3, -0.25) is 0 Å². The fourth-order valence-electron chi connectivity index (χ4n) is 1.47. The van der Waals surface area contributed by atoms with Crippen molar-refractivity contribution in [2.75, 3.05) is 20.3 Å². The Morgan fingerprint density at radius 2 is 2.09 bits per heavy atom. The van der Waals surface area contributed by atoms with E-state index in [9.17, 15) is 0 Å². The molecule has 1 fully saturated rings. The SMILES string of the molecule is COCC1C[C@H](C)[C@H](C)CO1. The largest absolute Gasteiger partial charge is 0.382 e. The molecule has 0 spiro atoms. The van der Waals surface area contributed by atoms with Gasteiger partial charge in [0, 0.05) is 13.7 Å². The molecule has 0 N–H and O–H groups in total. The topological polar surface area (TPSA) is 18.5 Å². The van der Waals surface area contributed by atoms with Crippen LogP contribution in [0.2, 0.25) is 0 Å². The molecule has 3 atom stereocenters. The monoisotopic (exact) mass is 158 g/mol. The second-order valence-corrected chi connectivity index (χ2v) is 3.60. The lowest BCUT2D eigenvalue weighted by Crippen LogP contribution is -2.33. The molecule has 0 radical (unpaired) electrons. The predicted octanol–water partition coefficient (Wildman–Crippen LogP) is 1.69. The van der Waals surface area contributed by atoms with Crippen LogP contribution in [0.5, 0.6) is 0 Å². The lowest BCUT2D eigenvalue weighted by Gasteiger charge is -2.31. The summed E-state index contributed by atoms with van der Waals surface area (Å²) in [6.07, 6.45) is 1.49. The summed E-state index contributed by atoms with van der Waals surface area (Å²) in [5.74, 6) is 1.49. The van der Waals surface area contributed by atoms with Gasteiger partial charge in [0.25, 0.3) is 0 Å². The summed E-state index contributed by atoms with van der Waals surface area (Å²) in [4.78, 5) is 0. The Labute approximate surface area is 68.9 Å². The Balaban J connectivity index is 2.28. The molecule has 0 saturated carbocycles. The summed E-state index contributed by atoms with van der Waals surface area (Å²) in [7, 11) is 1.73. The lowest BCUT2D eigenvalue weighted by atomic mass is 9.89. The smallest absolute Gasteiger partial charge is 0.0811 e. The summed E-state index contributed by atoms with van der Waals surface area (Å²) >= 11 is 0. The fourth-order valence-corrected chi connectivity index (χ4v) is 1.47. The minimum absolute atomic E-state index is 0.339. The van der Waals surface area contributed by atoms with Crippen LogP contribution in [0.15, 0.2) is 0 Å². The molecule has 1 rings (SSSR count). The van der Waals surface area contributed by atoms with Gasteiger partial charge in [-0.05, 0) is 18.3 Å². The number of hydrogen-bond donors (Lipinski definition) is 0. The van der Waals surface area contributed by atoms with Crippen LogP contribution in [0.25, 0.3) is 0 Å². The first-order chi connectivity index (χ1) is 5.24. The summed E-state index contributed by atoms with van der Waals surface area (Å²) in [6.45, 7) is 6.18. The molecule has 2 heteroatoms. The second kappa shape index (κ2) is 4.07. The summed E-state index contributed by atoms with van der Waals surface area (Å²) in [5.41, 5.74) is 0. The van der Waals surface area contributed by atoms with E-state index in [0.717, 1.165) is 25.6 Å². The van der Waals surface area contributed by atoms with Crippen molar-refractivity contribution in [3.63, 3.8) is 0 Å². The zero-order valence-electron chi connectivity index (χ0n) is 7.67. The zero-order valence-corrected chi connectivity index (χ0v) is 7.67. The van der Waals surface area contributed by atoms with Crippen LogP contribution in [0, 0.1) is 11.8 Å². The van der Waals surface area contributed by atoms with E-state index in [-0.39, 0.29) is 0 Å². The quantitative estimate of drug-likeness (QED) is 0.609. The first-order valence-electron chi connectivity index (χ1n) is 4.34. The van der Waals surface area contributed by atoms with E-state index in [4.69, 9.17) is 9.47 Å². The minimum Gasteiger partial charge on any atom is -0.382 e. The molecule has 0 amide bonds. The predicted molar refractivity (Wildman–Crippen MR) is 44.6 cm³/mol. The van der Waals surface area contributed by atoms with E-state index in [1.807, 2.05) is 0 Å². The second-order valence-electron chi connectivity index (χ2n) is 3.60. The zero-order chi connectivity index (χ0) is 8.27. The molecule has 0 aromatic carbocycles. The van der Waals surface area contributed by atoms with E-state index < -0.39 is 0 Å². The number of methoxy groups -OCH3 is 1. The van der Waals surface area contributed by atoms with Gasteiger partial charge in [0.2, 0.25) is 0 Å². The summed E-state index contributed by atoms with van der Waals surface area (Å²) in [6, 6.07) is 0. The molecule has 1 aliphatic heterocycles. The summed E-state index contributed by atoms with van der Waals surface area (Å²) < 4.78 is 10.6. The molecule has 1 heterocycles. The van der Waals surface area contributed by atoms with Crippen LogP contribution in [-0.4, -0.2) is 26.4 Å². The summed E-state index contributed by atoms with van der Waals surface area (Å²) in [5, 5.41) is 0. The van der Waals surface area contributed by atoms with Crippen molar-refractivity contribution in [1.82, 2.24) is 0 Å². The van der Waals surface area contributed by atoms with Gasteiger partial charge in [-0.1, -0.05) is 13.8 Å². The fraction of sp³-hybridized carbons (Fsp3) is 1.00.